The highest BCUT2D eigenvalue weighted by molar-refractivity contribution is 5.97. The lowest BCUT2D eigenvalue weighted by atomic mass is 9.87. The van der Waals surface area contributed by atoms with Crippen LogP contribution >= 0.6 is 0 Å². The Hall–Kier alpha value is -1.63. The van der Waals surface area contributed by atoms with Gasteiger partial charge in [-0.15, -0.1) is 0 Å². The van der Waals surface area contributed by atoms with Gasteiger partial charge in [0.25, 0.3) is 5.91 Å². The Morgan fingerprint density at radius 3 is 2.50 bits per heavy atom. The molecule has 0 aromatic heterocycles. The highest BCUT2D eigenvalue weighted by Gasteiger charge is 2.42. The first-order valence-electron chi connectivity index (χ1n) is 12.8. The molecule has 1 unspecified atom stereocenters. The van der Waals surface area contributed by atoms with E-state index in [-0.39, 0.29) is 11.7 Å². The summed E-state index contributed by atoms with van der Waals surface area (Å²) in [7, 11) is 0. The summed E-state index contributed by atoms with van der Waals surface area (Å²) in [4.78, 5) is 17.7. The van der Waals surface area contributed by atoms with E-state index < -0.39 is 0 Å². The number of likely N-dealkylation sites (tertiary alicyclic amines) is 2. The zero-order valence-electron chi connectivity index (χ0n) is 19.3. The molecule has 0 N–H and O–H groups in total. The quantitative estimate of drug-likeness (QED) is 0.688. The lowest BCUT2D eigenvalue weighted by molar-refractivity contribution is -0.184. The third kappa shape index (κ3) is 4.97. The molecule has 3 saturated heterocycles. The van der Waals surface area contributed by atoms with Crippen LogP contribution in [0.4, 0.5) is 0 Å². The minimum atomic E-state index is -0.278. The van der Waals surface area contributed by atoms with Crippen LogP contribution in [0.15, 0.2) is 24.3 Å². The fraction of sp³-hybridized carbons (Fsp3) is 0.731. The molecule has 4 fully saturated rings. The Balaban J connectivity index is 1.15. The number of carbonyl (C=O) groups excluding carboxylic acids is 1. The first-order chi connectivity index (χ1) is 15.7. The molecule has 6 heteroatoms. The number of rotatable bonds is 5. The Morgan fingerprint density at radius 2 is 1.72 bits per heavy atom. The molecule has 1 saturated carbocycles. The average molecular weight is 443 g/mol. The molecule has 1 aromatic rings. The second-order valence-electron chi connectivity index (χ2n) is 10.0. The van der Waals surface area contributed by atoms with E-state index in [1.54, 1.807) is 0 Å². The van der Waals surface area contributed by atoms with E-state index in [1.165, 1.54) is 25.8 Å². The van der Waals surface area contributed by atoms with E-state index in [9.17, 15) is 4.79 Å². The molecule has 5 rings (SSSR count). The predicted octanol–water partition coefficient (Wildman–Crippen LogP) is 4.09. The van der Waals surface area contributed by atoms with Gasteiger partial charge in [0, 0.05) is 44.4 Å². The molecule has 176 valence electrons. The summed E-state index contributed by atoms with van der Waals surface area (Å²) in [5.74, 6) is 1.10. The maximum atomic E-state index is 13.1. The molecular formula is C26H38N2O4. The van der Waals surface area contributed by atoms with Crippen molar-refractivity contribution in [2.45, 2.75) is 69.6 Å². The topological polar surface area (TPSA) is 51.2 Å². The van der Waals surface area contributed by atoms with Crippen LogP contribution in [-0.2, 0) is 9.47 Å². The number of hydrogen-bond donors (Lipinski definition) is 0. The van der Waals surface area contributed by atoms with E-state index in [0.29, 0.717) is 18.6 Å². The molecule has 0 bridgehead atoms. The molecule has 1 spiro atoms. The number of ether oxygens (including phenoxy) is 3. The summed E-state index contributed by atoms with van der Waals surface area (Å²) in [6.07, 6.45) is 10.2. The van der Waals surface area contributed by atoms with Crippen LogP contribution in [0.5, 0.6) is 5.75 Å². The van der Waals surface area contributed by atoms with Gasteiger partial charge in [-0.25, -0.2) is 0 Å². The summed E-state index contributed by atoms with van der Waals surface area (Å²) in [5, 5.41) is 0. The Kier molecular flexibility index (Phi) is 7.00. The normalized spacial score (nSPS) is 27.0. The number of carbonyl (C=O) groups is 1. The lowest BCUT2D eigenvalue weighted by Gasteiger charge is -2.43. The zero-order valence-corrected chi connectivity index (χ0v) is 19.3. The van der Waals surface area contributed by atoms with Crippen LogP contribution in [0.3, 0.4) is 0 Å². The highest BCUT2D eigenvalue weighted by Crippen LogP contribution is 2.38. The van der Waals surface area contributed by atoms with E-state index in [0.717, 1.165) is 82.7 Å². The first kappa shape index (κ1) is 22.2. The van der Waals surface area contributed by atoms with Gasteiger partial charge in [-0.1, -0.05) is 12.1 Å². The van der Waals surface area contributed by atoms with Crippen LogP contribution in [0.1, 0.15) is 68.1 Å². The number of hydrogen-bond acceptors (Lipinski definition) is 5. The van der Waals surface area contributed by atoms with Crippen LogP contribution in [-0.4, -0.2) is 73.5 Å². The predicted molar refractivity (Wildman–Crippen MR) is 123 cm³/mol. The highest BCUT2D eigenvalue weighted by atomic mass is 16.7. The molecule has 1 atom stereocenters. The van der Waals surface area contributed by atoms with Gasteiger partial charge in [0.1, 0.15) is 5.75 Å². The molecule has 3 aliphatic heterocycles. The smallest absolute Gasteiger partial charge is 0.257 e. The number of amides is 1. The second kappa shape index (κ2) is 10.1. The molecule has 6 nitrogen and oxygen atoms in total. The van der Waals surface area contributed by atoms with Crippen molar-refractivity contribution in [3.8, 4) is 5.75 Å². The minimum absolute atomic E-state index is 0.123. The summed E-state index contributed by atoms with van der Waals surface area (Å²) in [5.41, 5.74) is 0.719. The van der Waals surface area contributed by atoms with Crippen LogP contribution in [0, 0.1) is 5.92 Å². The van der Waals surface area contributed by atoms with Crippen molar-refractivity contribution in [1.29, 1.82) is 0 Å². The van der Waals surface area contributed by atoms with Crippen LogP contribution in [0.25, 0.3) is 0 Å². The zero-order chi connectivity index (χ0) is 21.8. The van der Waals surface area contributed by atoms with E-state index >= 15 is 0 Å². The Bertz CT molecular complexity index is 763. The van der Waals surface area contributed by atoms with E-state index in [1.807, 2.05) is 29.2 Å². The molecule has 4 aliphatic rings. The first-order valence-corrected chi connectivity index (χ1v) is 12.8. The van der Waals surface area contributed by atoms with Crippen molar-refractivity contribution < 1.29 is 19.0 Å². The summed E-state index contributed by atoms with van der Waals surface area (Å²) in [6, 6.07) is 8.43. The monoisotopic (exact) mass is 442 g/mol. The molecule has 1 aliphatic carbocycles. The minimum Gasteiger partial charge on any atom is -0.492 e. The van der Waals surface area contributed by atoms with Crippen molar-refractivity contribution in [2.24, 2.45) is 5.92 Å². The summed E-state index contributed by atoms with van der Waals surface area (Å²) in [6.45, 7) is 6.17. The fourth-order valence-electron chi connectivity index (χ4n) is 6.00. The summed E-state index contributed by atoms with van der Waals surface area (Å²) < 4.78 is 18.1. The molecule has 1 aromatic carbocycles. The average Bonchev–Trinajstić information content (AvgIpc) is 3.31. The number of benzene rings is 1. The molecule has 32 heavy (non-hydrogen) atoms. The number of para-hydroxylation sites is 1. The SMILES string of the molecule is O=C(c1ccccc1OCC1CCCN(C2CCC3(CC2)OCCO3)C1)N1CCCCC1. The third-order valence-electron chi connectivity index (χ3n) is 7.83. The van der Waals surface area contributed by atoms with Gasteiger partial charge in [-0.05, 0) is 63.6 Å². The van der Waals surface area contributed by atoms with E-state index in [4.69, 9.17) is 14.2 Å². The molecule has 1 amide bonds. The van der Waals surface area contributed by atoms with Crippen LogP contribution < -0.4 is 4.74 Å². The van der Waals surface area contributed by atoms with Gasteiger partial charge in [0.2, 0.25) is 0 Å². The van der Waals surface area contributed by atoms with Gasteiger partial charge < -0.3 is 19.1 Å². The van der Waals surface area contributed by atoms with Crippen molar-refractivity contribution >= 4 is 5.91 Å². The molecule has 3 heterocycles. The van der Waals surface area contributed by atoms with E-state index in [2.05, 4.69) is 4.90 Å². The largest absolute Gasteiger partial charge is 0.492 e. The third-order valence-corrected chi connectivity index (χ3v) is 7.83. The maximum absolute atomic E-state index is 13.1. The van der Waals surface area contributed by atoms with Crippen molar-refractivity contribution in [3.63, 3.8) is 0 Å². The van der Waals surface area contributed by atoms with Crippen molar-refractivity contribution in [3.05, 3.63) is 29.8 Å². The Labute approximate surface area is 192 Å². The second-order valence-corrected chi connectivity index (χ2v) is 10.0. The van der Waals surface area contributed by atoms with Gasteiger partial charge >= 0.3 is 0 Å². The van der Waals surface area contributed by atoms with Crippen LogP contribution in [0.2, 0.25) is 0 Å². The molecular weight excluding hydrogens is 404 g/mol. The standard InChI is InChI=1S/C26H38N2O4/c29-25(27-14-4-1-5-15-27)23-8-2-3-9-24(23)30-20-21-7-6-16-28(19-21)22-10-12-26(13-11-22)31-17-18-32-26/h2-3,8-9,21-22H,1,4-7,10-20H2. The summed E-state index contributed by atoms with van der Waals surface area (Å²) >= 11 is 0. The lowest BCUT2D eigenvalue weighted by Crippen LogP contribution is -2.48. The van der Waals surface area contributed by atoms with Gasteiger partial charge in [-0.3, -0.25) is 9.69 Å². The number of piperidine rings is 2. The van der Waals surface area contributed by atoms with Gasteiger partial charge in [0.05, 0.1) is 25.4 Å². The fourth-order valence-corrected chi connectivity index (χ4v) is 6.00. The maximum Gasteiger partial charge on any atom is 0.257 e. The van der Waals surface area contributed by atoms with Crippen molar-refractivity contribution in [1.82, 2.24) is 9.80 Å². The number of nitrogens with zero attached hydrogens (tertiary/aromatic N) is 2. The van der Waals surface area contributed by atoms with Gasteiger partial charge in [-0.2, -0.15) is 0 Å². The van der Waals surface area contributed by atoms with Gasteiger partial charge in [0.15, 0.2) is 5.79 Å². The molecule has 0 radical (unpaired) electrons. The van der Waals surface area contributed by atoms with Crippen molar-refractivity contribution in [2.75, 3.05) is 46.0 Å². The Morgan fingerprint density at radius 1 is 0.969 bits per heavy atom.